The number of alkyl halides is 9. The van der Waals surface area contributed by atoms with E-state index in [1.54, 1.807) is 0 Å². The number of benzene rings is 2. The number of rotatable bonds is 7. The van der Waals surface area contributed by atoms with E-state index in [-0.39, 0.29) is 28.3 Å². The Morgan fingerprint density at radius 3 is 2.26 bits per heavy atom. The predicted octanol–water partition coefficient (Wildman–Crippen LogP) is 6.23. The van der Waals surface area contributed by atoms with Gasteiger partial charge >= 0.3 is 18.5 Å². The molecule has 42 heavy (non-hydrogen) atoms. The molecule has 1 fully saturated rings. The average Bonchev–Trinajstić information content (AvgIpc) is 3.19. The van der Waals surface area contributed by atoms with Gasteiger partial charge in [-0.15, -0.1) is 0 Å². The minimum Gasteiger partial charge on any atom is -0.338 e. The van der Waals surface area contributed by atoms with E-state index in [1.165, 1.54) is 13.8 Å². The number of hydrogen-bond donors (Lipinski definition) is 1. The van der Waals surface area contributed by atoms with Crippen molar-refractivity contribution in [2.75, 3.05) is 13.2 Å². The maximum atomic E-state index is 15.1. The first-order chi connectivity index (χ1) is 19.2. The molecule has 0 aromatic heterocycles. The lowest BCUT2D eigenvalue weighted by Gasteiger charge is -2.20. The first kappa shape index (κ1) is 32.6. The number of hydroxylamine groups is 2. The van der Waals surface area contributed by atoms with Gasteiger partial charge in [0.15, 0.2) is 0 Å². The number of halogens is 10. The van der Waals surface area contributed by atoms with Gasteiger partial charge in [-0.1, -0.05) is 12.1 Å². The summed E-state index contributed by atoms with van der Waals surface area (Å²) in [5.41, 5.74) is -3.95. The number of hydrogen-bond acceptors (Lipinski definition) is 4. The molecule has 2 atom stereocenters. The summed E-state index contributed by atoms with van der Waals surface area (Å²) in [5.74, 6) is -7.37. The average molecular weight is 614 g/mol. The third-order valence-electron chi connectivity index (χ3n) is 6.30. The van der Waals surface area contributed by atoms with Crippen molar-refractivity contribution in [2.45, 2.75) is 44.3 Å². The lowest BCUT2D eigenvalue weighted by molar-refractivity contribution is -0.214. The standard InChI is InChI=1S/C26H20F10N2O4/c1-12-5-15(6-16(9-39)13(12)2)18(25(31,32)33)8-20(27)14-3-4-17(19(7-14)26(34,35)36)22(40)37-21-10-42-38(23(21)41)11-24(28,29)30/h3-9,18,21H,10-11H2,1-2H3,(H,37,40)/b20-8-/t18?,21-/m1/s1. The summed E-state index contributed by atoms with van der Waals surface area (Å²) < 4.78 is 136. The topological polar surface area (TPSA) is 75.7 Å². The lowest BCUT2D eigenvalue weighted by Crippen LogP contribution is -2.44. The molecule has 0 radical (unpaired) electrons. The van der Waals surface area contributed by atoms with E-state index in [0.717, 1.165) is 12.1 Å². The Balaban J connectivity index is 1.96. The zero-order valence-electron chi connectivity index (χ0n) is 21.5. The van der Waals surface area contributed by atoms with Gasteiger partial charge in [0.05, 0.1) is 11.1 Å². The zero-order chi connectivity index (χ0) is 31.8. The molecule has 0 bridgehead atoms. The first-order valence-corrected chi connectivity index (χ1v) is 11.8. The van der Waals surface area contributed by atoms with Crippen LogP contribution in [0.4, 0.5) is 43.9 Å². The molecule has 1 aliphatic rings. The highest BCUT2D eigenvalue weighted by Crippen LogP contribution is 2.40. The Labute approximate surface area is 230 Å². The minimum atomic E-state index is -5.35. The van der Waals surface area contributed by atoms with Crippen molar-refractivity contribution in [2.24, 2.45) is 0 Å². The summed E-state index contributed by atoms with van der Waals surface area (Å²) in [5, 5.41) is 1.69. The molecule has 16 heteroatoms. The highest BCUT2D eigenvalue weighted by atomic mass is 19.4. The largest absolute Gasteiger partial charge is 0.417 e. The molecule has 228 valence electrons. The number of carbonyl (C=O) groups excluding carboxylic acids is 3. The molecule has 2 aromatic rings. The highest BCUT2D eigenvalue weighted by molar-refractivity contribution is 5.99. The van der Waals surface area contributed by atoms with Gasteiger partial charge in [-0.25, -0.2) is 9.45 Å². The Hall–Kier alpha value is -3.95. The van der Waals surface area contributed by atoms with Crippen LogP contribution >= 0.6 is 0 Å². The monoisotopic (exact) mass is 614 g/mol. The van der Waals surface area contributed by atoms with Crippen LogP contribution in [-0.2, 0) is 15.8 Å². The van der Waals surface area contributed by atoms with Crippen LogP contribution < -0.4 is 5.32 Å². The van der Waals surface area contributed by atoms with E-state index in [1.807, 2.05) is 5.32 Å². The van der Waals surface area contributed by atoms with Crippen molar-refractivity contribution in [3.8, 4) is 0 Å². The second-order valence-corrected chi connectivity index (χ2v) is 9.27. The van der Waals surface area contributed by atoms with Crippen molar-refractivity contribution >= 4 is 23.9 Å². The molecular formula is C26H20F10N2O4. The SMILES string of the molecule is Cc1cc(C(/C=C(\F)c2ccc(C(=O)N[C@@H]3CON(CC(F)(F)F)C3=O)c(C(F)(F)F)c2)C(F)(F)F)cc(C=O)c1C. The van der Waals surface area contributed by atoms with E-state index < -0.39 is 83.5 Å². The predicted molar refractivity (Wildman–Crippen MR) is 126 cm³/mol. The van der Waals surface area contributed by atoms with Crippen LogP contribution in [0.25, 0.3) is 5.83 Å². The van der Waals surface area contributed by atoms with Crippen molar-refractivity contribution < 1.29 is 63.1 Å². The molecule has 1 unspecified atom stereocenters. The molecule has 0 aliphatic carbocycles. The number of allylic oxidation sites excluding steroid dienone is 1. The van der Waals surface area contributed by atoms with Gasteiger partial charge in [-0.05, 0) is 54.8 Å². The van der Waals surface area contributed by atoms with E-state index >= 15 is 4.39 Å². The van der Waals surface area contributed by atoms with Gasteiger partial charge in [-0.3, -0.25) is 19.2 Å². The summed E-state index contributed by atoms with van der Waals surface area (Å²) in [4.78, 5) is 40.4. The molecule has 1 aliphatic heterocycles. The van der Waals surface area contributed by atoms with E-state index in [9.17, 15) is 53.9 Å². The van der Waals surface area contributed by atoms with Gasteiger partial charge in [0.25, 0.3) is 11.8 Å². The Morgan fingerprint density at radius 2 is 1.71 bits per heavy atom. The van der Waals surface area contributed by atoms with Crippen LogP contribution in [0.3, 0.4) is 0 Å². The summed E-state index contributed by atoms with van der Waals surface area (Å²) >= 11 is 0. The Morgan fingerprint density at radius 1 is 1.07 bits per heavy atom. The zero-order valence-corrected chi connectivity index (χ0v) is 21.5. The van der Waals surface area contributed by atoms with Crippen LogP contribution in [0.2, 0.25) is 0 Å². The van der Waals surface area contributed by atoms with Crippen molar-refractivity contribution in [1.82, 2.24) is 10.4 Å². The lowest BCUT2D eigenvalue weighted by atomic mass is 9.91. The van der Waals surface area contributed by atoms with Gasteiger partial charge in [0, 0.05) is 11.1 Å². The molecule has 3 rings (SSSR count). The molecule has 1 N–H and O–H groups in total. The van der Waals surface area contributed by atoms with Crippen molar-refractivity contribution in [3.05, 3.63) is 75.4 Å². The number of nitrogens with one attached hydrogen (secondary N) is 1. The smallest absolute Gasteiger partial charge is 0.338 e. The van der Waals surface area contributed by atoms with Gasteiger partial charge in [-0.2, -0.15) is 39.5 Å². The first-order valence-electron chi connectivity index (χ1n) is 11.8. The molecular weight excluding hydrogens is 594 g/mol. The maximum absolute atomic E-state index is 15.1. The molecule has 2 aromatic carbocycles. The summed E-state index contributed by atoms with van der Waals surface area (Å²) in [6.07, 6.45) is -15.0. The fourth-order valence-electron chi connectivity index (χ4n) is 4.06. The fraction of sp³-hybridized carbons (Fsp3) is 0.346. The molecule has 6 nitrogen and oxygen atoms in total. The van der Waals surface area contributed by atoms with Crippen LogP contribution in [0.5, 0.6) is 0 Å². The third kappa shape index (κ3) is 7.46. The van der Waals surface area contributed by atoms with Crippen LogP contribution in [-0.4, -0.2) is 54.7 Å². The molecule has 1 heterocycles. The second kappa shape index (κ2) is 11.7. The minimum absolute atomic E-state index is 0.0255. The van der Waals surface area contributed by atoms with Gasteiger partial charge in [0.2, 0.25) is 0 Å². The molecule has 2 amide bonds. The fourth-order valence-corrected chi connectivity index (χ4v) is 4.06. The van der Waals surface area contributed by atoms with Crippen LogP contribution in [0.15, 0.2) is 36.4 Å². The second-order valence-electron chi connectivity index (χ2n) is 9.27. The maximum Gasteiger partial charge on any atom is 0.417 e. The highest BCUT2D eigenvalue weighted by Gasteiger charge is 2.43. The Bertz CT molecular complexity index is 1410. The summed E-state index contributed by atoms with van der Waals surface area (Å²) in [7, 11) is 0. The van der Waals surface area contributed by atoms with E-state index in [4.69, 9.17) is 0 Å². The third-order valence-corrected chi connectivity index (χ3v) is 6.30. The number of nitrogens with zero attached hydrogens (tertiary/aromatic N) is 1. The quantitative estimate of drug-likeness (QED) is 0.297. The normalized spacial score (nSPS) is 17.4. The molecule has 1 saturated heterocycles. The number of amides is 2. The van der Waals surface area contributed by atoms with Crippen LogP contribution in [0, 0.1) is 13.8 Å². The van der Waals surface area contributed by atoms with E-state index in [0.29, 0.717) is 24.0 Å². The summed E-state index contributed by atoms with van der Waals surface area (Å²) in [6, 6.07) is 1.27. The number of carbonyl (C=O) groups is 3. The summed E-state index contributed by atoms with van der Waals surface area (Å²) in [6.45, 7) is 0.231. The van der Waals surface area contributed by atoms with Gasteiger partial charge in [0.1, 0.15) is 37.2 Å². The van der Waals surface area contributed by atoms with Crippen LogP contribution in [0.1, 0.15) is 54.5 Å². The van der Waals surface area contributed by atoms with Crippen molar-refractivity contribution in [3.63, 3.8) is 0 Å². The van der Waals surface area contributed by atoms with E-state index in [2.05, 4.69) is 4.84 Å². The number of aryl methyl sites for hydroxylation is 1. The Kier molecular flexibility index (Phi) is 9.10. The van der Waals surface area contributed by atoms with Crippen molar-refractivity contribution in [1.29, 1.82) is 0 Å². The van der Waals surface area contributed by atoms with Gasteiger partial charge < -0.3 is 5.32 Å². The molecule has 0 saturated carbocycles. The number of aldehydes is 1. The molecule has 0 spiro atoms.